The fourth-order valence-electron chi connectivity index (χ4n) is 1.69. The van der Waals surface area contributed by atoms with Gasteiger partial charge in [-0.1, -0.05) is 24.6 Å². The molecule has 0 unspecified atom stereocenters. The lowest BCUT2D eigenvalue weighted by molar-refractivity contribution is -0.137. The Labute approximate surface area is 134 Å². The normalized spacial score (nSPS) is 10.5. The van der Waals surface area contributed by atoms with Gasteiger partial charge in [-0.3, -0.25) is 9.80 Å². The van der Waals surface area contributed by atoms with Crippen molar-refractivity contribution < 1.29 is 24.3 Å². The number of carboxylic acid groups (broad SMARTS) is 1. The molecule has 0 radical (unpaired) electrons. The first-order valence-corrected chi connectivity index (χ1v) is 7.27. The van der Waals surface area contributed by atoms with Crippen molar-refractivity contribution in [1.29, 1.82) is 0 Å². The summed E-state index contributed by atoms with van der Waals surface area (Å²) in [7, 11) is 1.72. The number of hydrogen-bond donors (Lipinski definition) is 1. The monoisotopic (exact) mass is 323 g/mol. The highest BCUT2D eigenvalue weighted by Crippen LogP contribution is 2.02. The van der Waals surface area contributed by atoms with Crippen molar-refractivity contribution in [1.82, 2.24) is 5.01 Å². The van der Waals surface area contributed by atoms with E-state index in [0.29, 0.717) is 18.5 Å². The number of benzene rings is 1. The van der Waals surface area contributed by atoms with E-state index in [4.69, 9.17) is 14.7 Å². The van der Waals surface area contributed by atoms with Crippen LogP contribution < -0.4 is 0 Å². The van der Waals surface area contributed by atoms with Crippen LogP contribution in [0.15, 0.2) is 40.8 Å². The molecule has 0 spiro atoms. The first kappa shape index (κ1) is 18.4. The molecular weight excluding hydrogens is 302 g/mol. The van der Waals surface area contributed by atoms with Crippen molar-refractivity contribution in [2.45, 2.75) is 25.7 Å². The Hall–Kier alpha value is -2.64. The smallest absolute Gasteiger partial charge is 0.341 e. The number of unbranched alkanes of at least 4 members (excludes halogenated alkanes) is 2. The molecule has 126 valence electrons. The average Bonchev–Trinajstić information content (AvgIpc) is 2.54. The molecule has 1 aromatic carbocycles. The van der Waals surface area contributed by atoms with Gasteiger partial charge >= 0.3 is 11.9 Å². The Balaban J connectivity index is 2.07. The number of carbonyl (C=O) groups is 2. The van der Waals surface area contributed by atoms with Crippen LogP contribution in [-0.2, 0) is 14.4 Å². The third-order valence-corrected chi connectivity index (χ3v) is 2.87. The van der Waals surface area contributed by atoms with Crippen LogP contribution in [0.2, 0.25) is 0 Å². The van der Waals surface area contributed by atoms with Crippen molar-refractivity contribution in [3.05, 3.63) is 35.9 Å². The summed E-state index contributed by atoms with van der Waals surface area (Å²) in [5.41, 5.74) is 0.437. The molecule has 0 aliphatic heterocycles. The Bertz CT molecular complexity index is 507. The molecule has 0 atom stereocenters. The number of aliphatic carboxylic acids is 1. The predicted molar refractivity (Wildman–Crippen MR) is 81.4 cm³/mol. The molecule has 0 fully saturated rings. The average molecular weight is 323 g/mol. The summed E-state index contributed by atoms with van der Waals surface area (Å²) in [5.74, 6) is -1.27. The van der Waals surface area contributed by atoms with Gasteiger partial charge in [0.1, 0.15) is 0 Å². The number of carbonyl (C=O) groups excluding carboxylic acids is 1. The summed E-state index contributed by atoms with van der Waals surface area (Å²) >= 11 is 0. The van der Waals surface area contributed by atoms with Crippen LogP contribution in [0.25, 0.3) is 0 Å². The first-order valence-electron chi connectivity index (χ1n) is 7.27. The second kappa shape index (κ2) is 11.0. The Morgan fingerprint density at radius 3 is 2.61 bits per heavy atom. The summed E-state index contributed by atoms with van der Waals surface area (Å²) in [4.78, 5) is 26.7. The molecule has 0 saturated carbocycles. The molecule has 0 bridgehead atoms. The van der Waals surface area contributed by atoms with Crippen LogP contribution in [0, 0.1) is 0 Å². The molecule has 1 aromatic rings. The van der Waals surface area contributed by atoms with Crippen molar-refractivity contribution in [3.8, 4) is 0 Å². The van der Waals surface area contributed by atoms with Crippen molar-refractivity contribution in [3.63, 3.8) is 0 Å². The largest absolute Gasteiger partial charge is 0.481 e. The Morgan fingerprint density at radius 2 is 1.91 bits per heavy atom. The molecule has 8 heteroatoms. The molecular formula is C15H21N3O5. The number of carboxylic acids is 1. The Morgan fingerprint density at radius 1 is 1.17 bits per heavy atom. The van der Waals surface area contributed by atoms with E-state index in [1.54, 1.807) is 42.4 Å². The summed E-state index contributed by atoms with van der Waals surface area (Å²) in [6.07, 6.45) is 2.45. The number of nitrogens with zero attached hydrogens (tertiary/aromatic N) is 3. The molecule has 0 heterocycles. The number of esters is 1. The van der Waals surface area contributed by atoms with E-state index in [0.717, 1.165) is 12.8 Å². The molecule has 1 rings (SSSR count). The lowest BCUT2D eigenvalue weighted by Crippen LogP contribution is -2.12. The molecule has 1 N–H and O–H groups in total. The van der Waals surface area contributed by atoms with E-state index in [-0.39, 0.29) is 13.2 Å². The van der Waals surface area contributed by atoms with Gasteiger partial charge in [-0.25, -0.2) is 4.79 Å². The van der Waals surface area contributed by atoms with Crippen molar-refractivity contribution in [2.24, 2.45) is 10.5 Å². The van der Waals surface area contributed by atoms with Crippen molar-refractivity contribution in [2.75, 3.05) is 20.4 Å². The zero-order valence-corrected chi connectivity index (χ0v) is 13.1. The van der Waals surface area contributed by atoms with E-state index in [1.165, 1.54) is 0 Å². The second-order valence-electron chi connectivity index (χ2n) is 4.80. The zero-order valence-electron chi connectivity index (χ0n) is 13.1. The fraction of sp³-hybridized carbons (Fsp3) is 0.467. The van der Waals surface area contributed by atoms with Gasteiger partial charge < -0.3 is 14.7 Å². The Kier molecular flexibility index (Phi) is 8.80. The topological polar surface area (TPSA) is 101 Å². The van der Waals surface area contributed by atoms with Crippen LogP contribution in [0.3, 0.4) is 0 Å². The molecule has 8 nitrogen and oxygen atoms in total. The van der Waals surface area contributed by atoms with E-state index in [9.17, 15) is 9.59 Å². The summed E-state index contributed by atoms with van der Waals surface area (Å²) in [6.45, 7) is 0.319. The molecule has 0 amide bonds. The predicted octanol–water partition coefficient (Wildman–Crippen LogP) is 2.68. The van der Waals surface area contributed by atoms with E-state index in [1.807, 2.05) is 0 Å². The minimum Gasteiger partial charge on any atom is -0.481 e. The second-order valence-corrected chi connectivity index (χ2v) is 4.80. The maximum absolute atomic E-state index is 11.6. The van der Waals surface area contributed by atoms with Gasteiger partial charge in [0.2, 0.25) is 0 Å². The van der Waals surface area contributed by atoms with Gasteiger partial charge in [-0.05, 0) is 30.2 Å². The van der Waals surface area contributed by atoms with E-state index < -0.39 is 11.9 Å². The molecule has 0 saturated heterocycles. The van der Waals surface area contributed by atoms with E-state index in [2.05, 4.69) is 10.5 Å². The van der Waals surface area contributed by atoms with Crippen LogP contribution in [0.5, 0.6) is 0 Å². The zero-order chi connectivity index (χ0) is 16.9. The maximum Gasteiger partial charge on any atom is 0.341 e. The van der Waals surface area contributed by atoms with Gasteiger partial charge in [0, 0.05) is 25.3 Å². The molecule has 0 aromatic heterocycles. The number of rotatable bonds is 11. The highest BCUT2D eigenvalue weighted by molar-refractivity contribution is 5.89. The standard InChI is InChI=1S/C15H21N3O5/c1-18(11-7-3-6-10-14(19)20)16-17-23-12-22-15(21)13-8-4-2-5-9-13/h2,4-5,8-9H,3,6-7,10-12H2,1H3,(H,19,20)/b17-16-. The fourth-order valence-corrected chi connectivity index (χ4v) is 1.69. The third kappa shape index (κ3) is 9.07. The van der Waals surface area contributed by atoms with Gasteiger partial charge in [-0.15, -0.1) is 0 Å². The summed E-state index contributed by atoms with van der Waals surface area (Å²) in [5, 5.41) is 17.3. The van der Waals surface area contributed by atoms with Crippen molar-refractivity contribution >= 4 is 11.9 Å². The van der Waals surface area contributed by atoms with Crippen LogP contribution in [0.1, 0.15) is 36.0 Å². The van der Waals surface area contributed by atoms with Crippen LogP contribution in [-0.4, -0.2) is 42.4 Å². The van der Waals surface area contributed by atoms with Crippen LogP contribution >= 0.6 is 0 Å². The number of ether oxygens (including phenoxy) is 1. The van der Waals surface area contributed by atoms with Gasteiger partial charge in [0.15, 0.2) is 0 Å². The highest BCUT2D eigenvalue weighted by atomic mass is 16.8. The third-order valence-electron chi connectivity index (χ3n) is 2.87. The summed E-state index contributed by atoms with van der Waals surface area (Å²) < 4.78 is 4.86. The SMILES string of the molecule is CN(CCCCCC(=O)O)/N=N\OCOC(=O)c1ccccc1. The minimum absolute atomic E-state index is 0.182. The van der Waals surface area contributed by atoms with Crippen LogP contribution in [0.4, 0.5) is 0 Å². The maximum atomic E-state index is 11.6. The van der Waals surface area contributed by atoms with E-state index >= 15 is 0 Å². The van der Waals surface area contributed by atoms with Gasteiger partial charge in [0.05, 0.1) is 5.56 Å². The molecule has 0 aliphatic rings. The van der Waals surface area contributed by atoms with Gasteiger partial charge in [0.25, 0.3) is 6.79 Å². The highest BCUT2D eigenvalue weighted by Gasteiger charge is 2.05. The lowest BCUT2D eigenvalue weighted by Gasteiger charge is -2.10. The molecule has 23 heavy (non-hydrogen) atoms. The minimum atomic E-state index is -0.781. The quantitative estimate of drug-likeness (QED) is 0.221. The number of hydrogen-bond acceptors (Lipinski definition) is 6. The summed E-state index contributed by atoms with van der Waals surface area (Å²) in [6, 6.07) is 8.56. The first-order chi connectivity index (χ1) is 11.1. The lowest BCUT2D eigenvalue weighted by atomic mass is 10.2. The van der Waals surface area contributed by atoms with Gasteiger partial charge in [-0.2, -0.15) is 0 Å². The molecule has 0 aliphatic carbocycles.